The molecule has 6 nitrogen and oxygen atoms in total. The van der Waals surface area contributed by atoms with Crippen molar-refractivity contribution in [2.75, 3.05) is 13.2 Å². The van der Waals surface area contributed by atoms with Gasteiger partial charge in [0.15, 0.2) is 17.3 Å². The number of ketones is 1. The van der Waals surface area contributed by atoms with Crippen LogP contribution in [0.25, 0.3) is 0 Å². The van der Waals surface area contributed by atoms with Crippen LogP contribution in [0.2, 0.25) is 0 Å². The average Bonchev–Trinajstić information content (AvgIpc) is 2.66. The van der Waals surface area contributed by atoms with Crippen molar-refractivity contribution in [3.63, 3.8) is 0 Å². The zero-order valence-corrected chi connectivity index (χ0v) is 18.0. The van der Waals surface area contributed by atoms with Gasteiger partial charge in [-0.2, -0.15) is 0 Å². The first kappa shape index (κ1) is 21.7. The number of phenols is 1. The minimum atomic E-state index is -0.595. The number of rotatable bonds is 6. The number of Topliss-reactive ketones (excluding diaryl/α,β-unsaturated/α-hetero) is 1. The van der Waals surface area contributed by atoms with E-state index in [-0.39, 0.29) is 23.6 Å². The Hall–Kier alpha value is -3.02. The van der Waals surface area contributed by atoms with Crippen LogP contribution in [-0.4, -0.2) is 30.1 Å². The number of allylic oxidation sites excluding steroid dienone is 3. The quantitative estimate of drug-likeness (QED) is 0.541. The van der Waals surface area contributed by atoms with E-state index in [0.717, 1.165) is 5.70 Å². The van der Waals surface area contributed by atoms with Gasteiger partial charge in [0.1, 0.15) is 6.61 Å². The molecule has 1 unspecified atom stereocenters. The number of carbonyl (C=O) groups is 2. The third-order valence-corrected chi connectivity index (χ3v) is 5.41. The van der Waals surface area contributed by atoms with Crippen molar-refractivity contribution in [2.45, 2.75) is 46.5 Å². The van der Waals surface area contributed by atoms with E-state index in [1.807, 2.05) is 13.8 Å². The second-order valence-electron chi connectivity index (χ2n) is 8.48. The summed E-state index contributed by atoms with van der Waals surface area (Å²) in [4.78, 5) is 26.2. The Bertz CT molecular complexity index is 954. The van der Waals surface area contributed by atoms with Crippen molar-refractivity contribution in [2.24, 2.45) is 5.41 Å². The van der Waals surface area contributed by atoms with Gasteiger partial charge in [-0.3, -0.25) is 4.79 Å². The smallest absolute Gasteiger partial charge is 0.337 e. The Morgan fingerprint density at radius 3 is 2.77 bits per heavy atom. The van der Waals surface area contributed by atoms with Crippen LogP contribution in [0, 0.1) is 5.41 Å². The van der Waals surface area contributed by atoms with E-state index in [2.05, 4.69) is 25.7 Å². The second kappa shape index (κ2) is 8.38. The van der Waals surface area contributed by atoms with Crippen LogP contribution in [0.4, 0.5) is 0 Å². The van der Waals surface area contributed by atoms with Gasteiger partial charge in [-0.15, -0.1) is 0 Å². The van der Waals surface area contributed by atoms with E-state index in [1.165, 1.54) is 12.1 Å². The summed E-state index contributed by atoms with van der Waals surface area (Å²) < 4.78 is 10.9. The van der Waals surface area contributed by atoms with E-state index >= 15 is 0 Å². The molecule has 1 aliphatic carbocycles. The van der Waals surface area contributed by atoms with Gasteiger partial charge in [-0.1, -0.05) is 32.6 Å². The molecule has 30 heavy (non-hydrogen) atoms. The van der Waals surface area contributed by atoms with Crippen molar-refractivity contribution in [3.05, 3.63) is 59.0 Å². The summed E-state index contributed by atoms with van der Waals surface area (Å²) in [6, 6.07) is 4.95. The largest absolute Gasteiger partial charge is 0.504 e. The maximum atomic E-state index is 13.2. The fourth-order valence-corrected chi connectivity index (χ4v) is 4.23. The zero-order valence-electron chi connectivity index (χ0n) is 18.0. The highest BCUT2D eigenvalue weighted by Crippen LogP contribution is 2.47. The predicted molar refractivity (Wildman–Crippen MR) is 114 cm³/mol. The fraction of sp³-hybridized carbons (Fsp3) is 0.417. The molecule has 1 atom stereocenters. The molecule has 0 bridgehead atoms. The molecule has 6 heteroatoms. The Kier molecular flexibility index (Phi) is 6.06. The number of carbonyl (C=O) groups excluding carboxylic acids is 2. The maximum Gasteiger partial charge on any atom is 0.337 e. The Morgan fingerprint density at radius 2 is 2.10 bits per heavy atom. The number of aromatic hydroxyl groups is 1. The molecule has 160 valence electrons. The Labute approximate surface area is 177 Å². The SMILES string of the molecule is C=CCOC(=O)C1=C(C)NC2=C(C(=O)CC(C)(C)C2)C1c1ccc(O)c(OCC)c1. The molecule has 0 aromatic heterocycles. The normalized spacial score (nSPS) is 20.4. The molecule has 1 aromatic rings. The number of hydrogen-bond acceptors (Lipinski definition) is 6. The number of nitrogens with one attached hydrogen (secondary N) is 1. The zero-order chi connectivity index (χ0) is 22.1. The first-order chi connectivity index (χ1) is 14.2. The molecule has 0 saturated heterocycles. The number of dihydropyridines is 1. The Morgan fingerprint density at radius 1 is 1.37 bits per heavy atom. The van der Waals surface area contributed by atoms with E-state index in [1.54, 1.807) is 12.1 Å². The van der Waals surface area contributed by atoms with Gasteiger partial charge >= 0.3 is 5.97 Å². The molecular weight excluding hydrogens is 382 g/mol. The van der Waals surface area contributed by atoms with Gasteiger partial charge < -0.3 is 19.9 Å². The van der Waals surface area contributed by atoms with Gasteiger partial charge in [0, 0.05) is 29.3 Å². The first-order valence-electron chi connectivity index (χ1n) is 10.2. The molecule has 2 aliphatic rings. The lowest BCUT2D eigenvalue weighted by Crippen LogP contribution is -2.38. The molecule has 0 spiro atoms. The van der Waals surface area contributed by atoms with Gasteiger partial charge in [0.25, 0.3) is 0 Å². The molecule has 1 aromatic carbocycles. The summed E-state index contributed by atoms with van der Waals surface area (Å²) in [5.74, 6) is -0.763. The van der Waals surface area contributed by atoms with Crippen molar-refractivity contribution in [1.82, 2.24) is 5.32 Å². The second-order valence-corrected chi connectivity index (χ2v) is 8.48. The van der Waals surface area contributed by atoms with Crippen LogP contribution in [0.3, 0.4) is 0 Å². The number of ether oxygens (including phenoxy) is 2. The van der Waals surface area contributed by atoms with Gasteiger partial charge in [0.2, 0.25) is 0 Å². The molecule has 0 fully saturated rings. The van der Waals surface area contributed by atoms with Crippen LogP contribution < -0.4 is 10.1 Å². The molecule has 1 heterocycles. The maximum absolute atomic E-state index is 13.2. The lowest BCUT2D eigenvalue weighted by atomic mass is 9.68. The Balaban J connectivity index is 2.17. The highest BCUT2D eigenvalue weighted by Gasteiger charge is 2.43. The third kappa shape index (κ3) is 4.13. The average molecular weight is 411 g/mol. The van der Waals surface area contributed by atoms with Crippen molar-refractivity contribution < 1.29 is 24.2 Å². The molecule has 1 aliphatic heterocycles. The van der Waals surface area contributed by atoms with Crippen molar-refractivity contribution >= 4 is 11.8 Å². The number of hydrogen-bond donors (Lipinski definition) is 2. The van der Waals surface area contributed by atoms with E-state index in [0.29, 0.717) is 47.6 Å². The standard InChI is InChI=1S/C24H29NO5/c1-6-10-30-23(28)20-14(3)25-16-12-24(4,5)13-18(27)22(16)21(20)15-8-9-17(26)19(11-15)29-7-2/h6,8-9,11,21,25-26H,1,7,10,12-13H2,2-5H3. The van der Waals surface area contributed by atoms with Gasteiger partial charge in [-0.05, 0) is 43.4 Å². The molecule has 3 rings (SSSR count). The van der Waals surface area contributed by atoms with Crippen LogP contribution in [0.15, 0.2) is 53.4 Å². The first-order valence-corrected chi connectivity index (χ1v) is 10.2. The van der Waals surface area contributed by atoms with Crippen LogP contribution in [0.5, 0.6) is 11.5 Å². The lowest BCUT2D eigenvalue weighted by Gasteiger charge is -2.39. The highest BCUT2D eigenvalue weighted by molar-refractivity contribution is 6.04. The minimum absolute atomic E-state index is 0.00584. The number of esters is 1. The minimum Gasteiger partial charge on any atom is -0.504 e. The van der Waals surface area contributed by atoms with Crippen molar-refractivity contribution in [1.29, 1.82) is 0 Å². The van der Waals surface area contributed by atoms with Crippen molar-refractivity contribution in [3.8, 4) is 11.5 Å². The van der Waals surface area contributed by atoms with E-state index < -0.39 is 11.9 Å². The summed E-state index contributed by atoms with van der Waals surface area (Å²) in [7, 11) is 0. The summed E-state index contributed by atoms with van der Waals surface area (Å²) in [6.07, 6.45) is 2.60. The monoisotopic (exact) mass is 411 g/mol. The van der Waals surface area contributed by atoms with Crippen LogP contribution in [0.1, 0.15) is 52.0 Å². The number of benzene rings is 1. The highest BCUT2D eigenvalue weighted by atomic mass is 16.5. The molecular formula is C24H29NO5. The number of phenolic OH excluding ortho intramolecular Hbond substituents is 1. The van der Waals surface area contributed by atoms with Crippen LogP contribution in [-0.2, 0) is 14.3 Å². The van der Waals surface area contributed by atoms with Gasteiger partial charge in [-0.25, -0.2) is 4.79 Å². The van der Waals surface area contributed by atoms with Crippen LogP contribution >= 0.6 is 0 Å². The summed E-state index contributed by atoms with van der Waals surface area (Å²) in [6.45, 7) is 11.8. The summed E-state index contributed by atoms with van der Waals surface area (Å²) >= 11 is 0. The van der Waals surface area contributed by atoms with Gasteiger partial charge in [0.05, 0.1) is 12.2 Å². The lowest BCUT2D eigenvalue weighted by molar-refractivity contribution is -0.138. The fourth-order valence-electron chi connectivity index (χ4n) is 4.23. The summed E-state index contributed by atoms with van der Waals surface area (Å²) in [5, 5.41) is 13.4. The molecule has 0 radical (unpaired) electrons. The predicted octanol–water partition coefficient (Wildman–Crippen LogP) is 4.12. The van der Waals surface area contributed by atoms with E-state index in [4.69, 9.17) is 9.47 Å². The topological polar surface area (TPSA) is 84.9 Å². The summed E-state index contributed by atoms with van der Waals surface area (Å²) in [5.41, 5.74) is 2.99. The van der Waals surface area contributed by atoms with E-state index in [9.17, 15) is 14.7 Å². The molecule has 2 N–H and O–H groups in total. The third-order valence-electron chi connectivity index (χ3n) is 5.41. The molecule has 0 saturated carbocycles. The molecule has 0 amide bonds.